The third-order valence-corrected chi connectivity index (χ3v) is 18.7. The Bertz CT molecular complexity index is 1710. The molecule has 3 saturated heterocycles. The largest absolute Gasteiger partial charge is 0.394 e. The molecule has 19 heteroatoms. The molecule has 0 aromatic rings. The van der Waals surface area contributed by atoms with Crippen LogP contribution < -0.4 is 0 Å². The number of allylic oxidation sites excluding steroid dienone is 2. The highest BCUT2D eigenvalue weighted by molar-refractivity contribution is 5.22. The van der Waals surface area contributed by atoms with E-state index < -0.39 is 158 Å². The van der Waals surface area contributed by atoms with Crippen LogP contribution in [0.5, 0.6) is 0 Å². The molecule has 3 aliphatic heterocycles. The van der Waals surface area contributed by atoms with Gasteiger partial charge in [-0.1, -0.05) is 46.3 Å². The Morgan fingerprint density at radius 1 is 0.657 bits per heavy atom. The first-order chi connectivity index (χ1) is 31.2. The lowest BCUT2D eigenvalue weighted by Gasteiger charge is -2.72. The predicted molar refractivity (Wildman–Crippen MR) is 235 cm³/mol. The average molecular weight is 963 g/mol. The molecule has 0 amide bonds. The van der Waals surface area contributed by atoms with Crippen LogP contribution in [0.25, 0.3) is 0 Å². The fourth-order valence-corrected chi connectivity index (χ4v) is 14.8. The second-order valence-corrected chi connectivity index (χ2v) is 23.1. The van der Waals surface area contributed by atoms with Gasteiger partial charge in [0.05, 0.1) is 43.7 Å². The van der Waals surface area contributed by atoms with Gasteiger partial charge in [0.25, 0.3) is 0 Å². The van der Waals surface area contributed by atoms with Gasteiger partial charge in [-0.15, -0.1) is 0 Å². The van der Waals surface area contributed by atoms with Crippen molar-refractivity contribution < 1.29 is 94.8 Å². The van der Waals surface area contributed by atoms with Gasteiger partial charge in [0.2, 0.25) is 0 Å². The summed E-state index contributed by atoms with van der Waals surface area (Å²) in [6, 6.07) is 0. The van der Waals surface area contributed by atoms with Gasteiger partial charge >= 0.3 is 0 Å². The molecule has 0 aromatic carbocycles. The zero-order valence-corrected chi connectivity index (χ0v) is 40.3. The van der Waals surface area contributed by atoms with Gasteiger partial charge in [0, 0.05) is 0 Å². The van der Waals surface area contributed by atoms with E-state index in [2.05, 4.69) is 26.8 Å². The maximum Gasteiger partial charge on any atom is 0.187 e. The Balaban J connectivity index is 1.20. The minimum Gasteiger partial charge on any atom is -0.394 e. The number of aliphatic hydroxyl groups is 13. The Morgan fingerprint density at radius 2 is 1.19 bits per heavy atom. The molecule has 0 aromatic heterocycles. The molecule has 19 nitrogen and oxygen atoms in total. The summed E-state index contributed by atoms with van der Waals surface area (Å²) in [5, 5.41) is 142. The second kappa shape index (κ2) is 19.8. The van der Waals surface area contributed by atoms with Crippen molar-refractivity contribution in [3.63, 3.8) is 0 Å². The van der Waals surface area contributed by atoms with Crippen molar-refractivity contribution >= 4 is 0 Å². The van der Waals surface area contributed by atoms with Crippen molar-refractivity contribution in [1.29, 1.82) is 0 Å². The third-order valence-electron chi connectivity index (χ3n) is 18.7. The van der Waals surface area contributed by atoms with E-state index in [0.29, 0.717) is 51.4 Å². The SMILES string of the molecule is CC(C)=CCC[C@](C)(O[C@@H]1O[C@H](CO[C@H]2O[C@H](CO)[C@@H](O)[C@H](O)[C@H]2O)[C@@H](O)[C@H](O)[C@H]1O)[C@H]1CC[C@]2(C)[C@@H]1[C@H](O)C[C@@H]1[C@@]3(C)CC[C@H](O)C(C)(C)[C@@H]3[C@@H](O[C@@H]3O[C@H](CO)[C@@H](O)[C@H](O)[C@H]3O)C[C@]12C. The monoisotopic (exact) mass is 963 g/mol. The van der Waals surface area contributed by atoms with E-state index in [9.17, 15) is 66.4 Å². The number of rotatable bonds is 13. The molecule has 7 fully saturated rings. The molecule has 0 radical (unpaired) electrons. The maximum absolute atomic E-state index is 12.7. The van der Waals surface area contributed by atoms with E-state index >= 15 is 0 Å². The van der Waals surface area contributed by atoms with Gasteiger partial charge in [-0.3, -0.25) is 0 Å². The predicted octanol–water partition coefficient (Wildman–Crippen LogP) is -1.06. The van der Waals surface area contributed by atoms with Crippen molar-refractivity contribution in [2.24, 2.45) is 45.3 Å². The molecule has 67 heavy (non-hydrogen) atoms. The summed E-state index contributed by atoms with van der Waals surface area (Å²) in [6.45, 7) is 14.7. The summed E-state index contributed by atoms with van der Waals surface area (Å²) in [6.07, 6.45) is -19.2. The minimum atomic E-state index is -1.77. The maximum atomic E-state index is 12.7. The van der Waals surface area contributed by atoms with Crippen LogP contribution in [0, 0.1) is 45.3 Å². The topological polar surface area (TPSA) is 318 Å². The van der Waals surface area contributed by atoms with Crippen molar-refractivity contribution in [3.8, 4) is 0 Å². The van der Waals surface area contributed by atoms with Crippen LogP contribution in [0.1, 0.15) is 107 Å². The number of hydrogen-bond acceptors (Lipinski definition) is 19. The normalized spacial score (nSPS) is 52.9. The van der Waals surface area contributed by atoms with E-state index in [1.54, 1.807) is 0 Å². The molecule has 0 bridgehead atoms. The van der Waals surface area contributed by atoms with E-state index in [1.807, 2.05) is 34.6 Å². The lowest BCUT2D eigenvalue weighted by molar-refractivity contribution is -0.353. The van der Waals surface area contributed by atoms with Crippen LogP contribution in [0.3, 0.4) is 0 Å². The van der Waals surface area contributed by atoms with Crippen LogP contribution in [-0.2, 0) is 28.4 Å². The summed E-state index contributed by atoms with van der Waals surface area (Å²) >= 11 is 0. The first-order valence-corrected chi connectivity index (χ1v) is 24.5. The first kappa shape index (κ1) is 53.8. The quantitative estimate of drug-likeness (QED) is 0.0773. The molecule has 0 spiro atoms. The summed E-state index contributed by atoms with van der Waals surface area (Å²) in [5.74, 6) is -1.11. The lowest BCUT2D eigenvalue weighted by atomic mass is 9.34. The number of hydrogen-bond donors (Lipinski definition) is 13. The van der Waals surface area contributed by atoms with Crippen LogP contribution in [-0.4, -0.2) is 202 Å². The van der Waals surface area contributed by atoms with Crippen LogP contribution >= 0.6 is 0 Å². The second-order valence-electron chi connectivity index (χ2n) is 23.1. The van der Waals surface area contributed by atoms with E-state index in [-0.39, 0.29) is 23.7 Å². The number of fused-ring (bicyclic) bond motifs is 5. The number of ether oxygens (including phenoxy) is 6. The van der Waals surface area contributed by atoms with Crippen molar-refractivity contribution in [2.75, 3.05) is 19.8 Å². The highest BCUT2D eigenvalue weighted by atomic mass is 16.7. The van der Waals surface area contributed by atoms with E-state index in [0.717, 1.165) is 5.57 Å². The highest BCUT2D eigenvalue weighted by Crippen LogP contribution is 2.76. The Labute approximate surface area is 393 Å². The van der Waals surface area contributed by atoms with Gasteiger partial charge in [0.15, 0.2) is 18.9 Å². The van der Waals surface area contributed by atoms with Crippen LogP contribution in [0.4, 0.5) is 0 Å². The van der Waals surface area contributed by atoms with Crippen LogP contribution in [0.15, 0.2) is 11.6 Å². The average Bonchev–Trinajstić information content (AvgIpc) is 3.66. The van der Waals surface area contributed by atoms with Gasteiger partial charge in [0.1, 0.15) is 73.2 Å². The third kappa shape index (κ3) is 9.13. The standard InChI is InChI=1S/C48H82O19/c1-21(2)10-9-13-48(8,67-43-39(61)36(58)33(55)27(66-43)20-62-41-37(59)34(56)31(53)25(18-49)64-41)22-11-15-46(6)30(22)23(51)16-28-45(5)14-12-29(52)44(3,4)40(45)24(17-47(28,46)7)63-42-38(60)35(57)32(54)26(19-50)65-42/h10,22-43,49-61H,9,11-20H2,1-8H3/t22-,23+,24-,25+,26+,27+,28+,29-,30-,31+,32+,33+,34-,35-,36-,37+,38+,39+,40-,41-,42+,43-,45+,46+,47+,48-/m0/s1. The first-order valence-electron chi connectivity index (χ1n) is 24.5. The molecule has 7 aliphatic rings. The molecule has 3 heterocycles. The van der Waals surface area contributed by atoms with Crippen LogP contribution in [0.2, 0.25) is 0 Å². The summed E-state index contributed by atoms with van der Waals surface area (Å²) in [4.78, 5) is 0. The molecular formula is C48H82O19. The molecule has 4 aliphatic carbocycles. The fourth-order valence-electron chi connectivity index (χ4n) is 14.8. The molecule has 13 N–H and O–H groups in total. The summed E-state index contributed by atoms with van der Waals surface area (Å²) in [5.41, 5.74) is -2.39. The molecule has 26 atom stereocenters. The zero-order chi connectivity index (χ0) is 49.5. The van der Waals surface area contributed by atoms with E-state index in [1.165, 1.54) is 0 Å². The summed E-state index contributed by atoms with van der Waals surface area (Å²) < 4.78 is 37.1. The van der Waals surface area contributed by atoms with Crippen molar-refractivity contribution in [3.05, 3.63) is 11.6 Å². The van der Waals surface area contributed by atoms with Crippen molar-refractivity contribution in [1.82, 2.24) is 0 Å². The molecular weight excluding hydrogens is 881 g/mol. The Kier molecular flexibility index (Phi) is 15.9. The van der Waals surface area contributed by atoms with Gasteiger partial charge in [-0.2, -0.15) is 0 Å². The van der Waals surface area contributed by atoms with E-state index in [4.69, 9.17) is 28.4 Å². The summed E-state index contributed by atoms with van der Waals surface area (Å²) in [7, 11) is 0. The van der Waals surface area contributed by atoms with Gasteiger partial charge in [-0.25, -0.2) is 0 Å². The molecule has 388 valence electrons. The molecule has 4 saturated carbocycles. The Hall–Kier alpha value is -1.02. The van der Waals surface area contributed by atoms with Crippen molar-refractivity contribution in [2.45, 2.75) is 223 Å². The van der Waals surface area contributed by atoms with Gasteiger partial charge < -0.3 is 94.8 Å². The Morgan fingerprint density at radius 3 is 1.78 bits per heavy atom. The molecule has 7 rings (SSSR count). The minimum absolute atomic E-state index is 0.0659. The fraction of sp³-hybridized carbons (Fsp3) is 0.958. The number of aliphatic hydroxyl groups excluding tert-OH is 13. The molecule has 0 unspecified atom stereocenters. The highest BCUT2D eigenvalue weighted by Gasteiger charge is 2.74. The van der Waals surface area contributed by atoms with Gasteiger partial charge in [-0.05, 0) is 117 Å². The smallest absolute Gasteiger partial charge is 0.187 e. The zero-order valence-electron chi connectivity index (χ0n) is 40.3. The lowest BCUT2D eigenvalue weighted by Crippen LogP contribution is -2.71.